The minimum absolute atomic E-state index is 0.0421. The van der Waals surface area contributed by atoms with Crippen LogP contribution in [0.15, 0.2) is 30.5 Å². The average Bonchev–Trinajstić information content (AvgIpc) is 3.03. The van der Waals surface area contributed by atoms with Crippen LogP contribution in [-0.2, 0) is 20.8 Å². The second kappa shape index (κ2) is 9.45. The van der Waals surface area contributed by atoms with Gasteiger partial charge in [0.05, 0.1) is 5.75 Å². The van der Waals surface area contributed by atoms with Gasteiger partial charge in [-0.05, 0) is 24.0 Å². The molecule has 2 atom stereocenters. The number of carboxylic acid groups (broad SMARTS) is 1. The zero-order valence-corrected chi connectivity index (χ0v) is 16.3. The number of aliphatic carboxylic acids is 1. The summed E-state index contributed by atoms with van der Waals surface area (Å²) in [6.45, 7) is 3.85. The van der Waals surface area contributed by atoms with Crippen molar-refractivity contribution in [2.75, 3.05) is 5.75 Å². The molecule has 146 valence electrons. The molecular weight excluding hydrogens is 366 g/mol. The Hall–Kier alpha value is -2.48. The number of carbonyl (C=O) groups excluding carboxylic acids is 2. The van der Waals surface area contributed by atoms with Crippen LogP contribution in [0.25, 0.3) is 10.9 Å². The van der Waals surface area contributed by atoms with Gasteiger partial charge in [-0.15, -0.1) is 0 Å². The van der Waals surface area contributed by atoms with Crippen molar-refractivity contribution in [3.8, 4) is 0 Å². The lowest BCUT2D eigenvalue weighted by Crippen LogP contribution is -2.52. The maximum Gasteiger partial charge on any atom is 0.326 e. The second-order valence-electron chi connectivity index (χ2n) is 6.87. The van der Waals surface area contributed by atoms with Crippen LogP contribution in [-0.4, -0.2) is 45.7 Å². The Morgan fingerprint density at radius 1 is 1.15 bits per heavy atom. The van der Waals surface area contributed by atoms with E-state index in [-0.39, 0.29) is 24.0 Å². The first-order chi connectivity index (χ1) is 12.8. The van der Waals surface area contributed by atoms with Crippen LogP contribution < -0.4 is 10.6 Å². The normalized spacial score (nSPS) is 13.3. The SMILES string of the molecule is CC(C)C[C@H](NC(=O)CS)C(=O)N[C@@H](Cc1c[nH]c2ccccc12)C(=O)O. The van der Waals surface area contributed by atoms with Crippen molar-refractivity contribution < 1.29 is 19.5 Å². The highest BCUT2D eigenvalue weighted by Gasteiger charge is 2.27. The first kappa shape index (κ1) is 20.8. The molecule has 27 heavy (non-hydrogen) atoms. The minimum Gasteiger partial charge on any atom is -0.480 e. The summed E-state index contributed by atoms with van der Waals surface area (Å²) in [7, 11) is 0. The summed E-state index contributed by atoms with van der Waals surface area (Å²) in [6.07, 6.45) is 2.30. The summed E-state index contributed by atoms with van der Waals surface area (Å²) in [5, 5.41) is 15.6. The number of carbonyl (C=O) groups is 3. The molecule has 0 bridgehead atoms. The molecule has 0 unspecified atom stereocenters. The average molecular weight is 391 g/mol. The predicted octanol–water partition coefficient (Wildman–Crippen LogP) is 1.74. The number of thiol groups is 1. The Labute approximate surface area is 163 Å². The van der Waals surface area contributed by atoms with Gasteiger partial charge in [-0.1, -0.05) is 32.0 Å². The van der Waals surface area contributed by atoms with Gasteiger partial charge in [-0.3, -0.25) is 9.59 Å². The lowest BCUT2D eigenvalue weighted by atomic mass is 10.0. The third kappa shape index (κ3) is 5.75. The van der Waals surface area contributed by atoms with Crippen LogP contribution in [0, 0.1) is 5.92 Å². The zero-order valence-electron chi connectivity index (χ0n) is 15.4. The summed E-state index contributed by atoms with van der Waals surface area (Å²) in [4.78, 5) is 39.1. The Bertz CT molecular complexity index is 818. The van der Waals surface area contributed by atoms with Gasteiger partial charge in [-0.25, -0.2) is 4.79 Å². The number of fused-ring (bicyclic) bond motifs is 1. The number of rotatable bonds is 9. The molecule has 0 fully saturated rings. The molecule has 8 heteroatoms. The van der Waals surface area contributed by atoms with Gasteiger partial charge in [0.25, 0.3) is 0 Å². The maximum atomic E-state index is 12.6. The number of nitrogens with one attached hydrogen (secondary N) is 3. The number of aromatic nitrogens is 1. The predicted molar refractivity (Wildman–Crippen MR) is 107 cm³/mol. The molecule has 4 N–H and O–H groups in total. The van der Waals surface area contributed by atoms with Crippen molar-refractivity contribution in [3.63, 3.8) is 0 Å². The molecule has 2 rings (SSSR count). The molecule has 0 saturated carbocycles. The van der Waals surface area contributed by atoms with E-state index in [1.165, 1.54) is 0 Å². The summed E-state index contributed by atoms with van der Waals surface area (Å²) in [6, 6.07) is 5.67. The van der Waals surface area contributed by atoms with Gasteiger partial charge < -0.3 is 20.7 Å². The molecule has 0 aliphatic rings. The van der Waals surface area contributed by atoms with E-state index in [0.29, 0.717) is 6.42 Å². The lowest BCUT2D eigenvalue weighted by Gasteiger charge is -2.22. The minimum atomic E-state index is -1.13. The molecule has 1 aromatic carbocycles. The van der Waals surface area contributed by atoms with Gasteiger partial charge in [-0.2, -0.15) is 12.6 Å². The molecule has 0 aliphatic carbocycles. The van der Waals surface area contributed by atoms with Gasteiger partial charge in [0.1, 0.15) is 12.1 Å². The molecule has 0 aliphatic heterocycles. The van der Waals surface area contributed by atoms with Crippen LogP contribution in [0.2, 0.25) is 0 Å². The Balaban J connectivity index is 2.14. The summed E-state index contributed by atoms with van der Waals surface area (Å²) in [5.74, 6) is -1.90. The third-order valence-corrected chi connectivity index (χ3v) is 4.50. The highest BCUT2D eigenvalue weighted by atomic mass is 32.1. The number of para-hydroxylation sites is 1. The molecule has 1 heterocycles. The summed E-state index contributed by atoms with van der Waals surface area (Å²) in [5.41, 5.74) is 1.71. The van der Waals surface area contributed by atoms with Crippen LogP contribution in [0.1, 0.15) is 25.8 Å². The standard InChI is InChI=1S/C19H25N3O4S/c1-11(2)7-15(21-17(23)10-27)18(24)22-16(19(25)26)8-12-9-20-14-6-4-3-5-13(12)14/h3-6,9,11,15-16,20,27H,7-8,10H2,1-2H3,(H,21,23)(H,22,24)(H,25,26)/t15-,16-/m0/s1. The zero-order chi connectivity index (χ0) is 20.0. The fourth-order valence-corrected chi connectivity index (χ4v) is 3.03. The fourth-order valence-electron chi connectivity index (χ4n) is 2.94. The van der Waals surface area contributed by atoms with Crippen molar-refractivity contribution in [2.24, 2.45) is 5.92 Å². The molecule has 0 radical (unpaired) electrons. The van der Waals surface area contributed by atoms with E-state index in [1.54, 1.807) is 6.20 Å². The molecular formula is C19H25N3O4S. The molecule has 0 spiro atoms. The second-order valence-corrected chi connectivity index (χ2v) is 7.19. The van der Waals surface area contributed by atoms with Crippen LogP contribution in [0.5, 0.6) is 0 Å². The van der Waals surface area contributed by atoms with Crippen molar-refractivity contribution in [2.45, 2.75) is 38.8 Å². The van der Waals surface area contributed by atoms with Crippen molar-refractivity contribution >= 4 is 41.3 Å². The number of carboxylic acids is 1. The first-order valence-corrected chi connectivity index (χ1v) is 9.43. The number of hydrogen-bond acceptors (Lipinski definition) is 4. The van der Waals surface area contributed by atoms with Crippen molar-refractivity contribution in [1.29, 1.82) is 0 Å². The molecule has 1 aromatic heterocycles. The quantitative estimate of drug-likeness (QED) is 0.419. The van der Waals surface area contributed by atoms with E-state index < -0.39 is 24.0 Å². The van der Waals surface area contributed by atoms with Gasteiger partial charge in [0, 0.05) is 23.5 Å². The largest absolute Gasteiger partial charge is 0.480 e. The number of benzene rings is 1. The molecule has 7 nitrogen and oxygen atoms in total. The Morgan fingerprint density at radius 3 is 2.48 bits per heavy atom. The third-order valence-electron chi connectivity index (χ3n) is 4.22. The van der Waals surface area contributed by atoms with Crippen molar-refractivity contribution in [3.05, 3.63) is 36.0 Å². The van der Waals surface area contributed by atoms with E-state index in [4.69, 9.17) is 0 Å². The highest BCUT2D eigenvalue weighted by Crippen LogP contribution is 2.19. The number of H-pyrrole nitrogens is 1. The smallest absolute Gasteiger partial charge is 0.326 e. The van der Waals surface area contributed by atoms with Crippen LogP contribution in [0.3, 0.4) is 0 Å². The highest BCUT2D eigenvalue weighted by molar-refractivity contribution is 7.81. The van der Waals surface area contributed by atoms with Crippen LogP contribution in [0.4, 0.5) is 0 Å². The first-order valence-electron chi connectivity index (χ1n) is 8.80. The van der Waals surface area contributed by atoms with E-state index in [0.717, 1.165) is 16.5 Å². The number of aromatic amines is 1. The van der Waals surface area contributed by atoms with E-state index in [2.05, 4.69) is 28.2 Å². The van der Waals surface area contributed by atoms with Crippen molar-refractivity contribution in [1.82, 2.24) is 15.6 Å². The summed E-state index contributed by atoms with van der Waals surface area (Å²) >= 11 is 3.90. The lowest BCUT2D eigenvalue weighted by molar-refractivity contribution is -0.142. The summed E-state index contributed by atoms with van der Waals surface area (Å²) < 4.78 is 0. The Morgan fingerprint density at radius 2 is 1.85 bits per heavy atom. The Kier molecular flexibility index (Phi) is 7.29. The molecule has 0 saturated heterocycles. The number of amides is 2. The van der Waals surface area contributed by atoms with E-state index in [1.807, 2.05) is 38.1 Å². The van der Waals surface area contributed by atoms with Gasteiger partial charge in [0.2, 0.25) is 11.8 Å². The molecule has 2 aromatic rings. The van der Waals surface area contributed by atoms with Gasteiger partial charge >= 0.3 is 5.97 Å². The van der Waals surface area contributed by atoms with Gasteiger partial charge in [0.15, 0.2) is 0 Å². The fraction of sp³-hybridized carbons (Fsp3) is 0.421. The maximum absolute atomic E-state index is 12.6. The monoisotopic (exact) mass is 391 g/mol. The molecule has 2 amide bonds. The number of hydrogen-bond donors (Lipinski definition) is 5. The topological polar surface area (TPSA) is 111 Å². The van der Waals surface area contributed by atoms with E-state index in [9.17, 15) is 19.5 Å². The van der Waals surface area contributed by atoms with Crippen LogP contribution >= 0.6 is 12.6 Å². The van der Waals surface area contributed by atoms with E-state index >= 15 is 0 Å².